The Balaban J connectivity index is 2.30. The maximum absolute atomic E-state index is 12.5. The van der Waals surface area contributed by atoms with E-state index in [0.29, 0.717) is 21.2 Å². The molecule has 0 radical (unpaired) electrons. The highest BCUT2D eigenvalue weighted by Gasteiger charge is 2.22. The minimum atomic E-state index is -3.28. The molecule has 3 aromatic heterocycles. The van der Waals surface area contributed by atoms with Gasteiger partial charge in [0, 0.05) is 18.9 Å². The van der Waals surface area contributed by atoms with Crippen molar-refractivity contribution < 1.29 is 8.42 Å². The molecule has 0 fully saturated rings. The van der Waals surface area contributed by atoms with E-state index in [-0.39, 0.29) is 11.7 Å². The first-order valence-corrected chi connectivity index (χ1v) is 9.48. The van der Waals surface area contributed by atoms with E-state index in [1.54, 1.807) is 19.3 Å². The number of aromatic nitrogens is 3. The number of fused-ring (bicyclic) bond motifs is 3. The van der Waals surface area contributed by atoms with E-state index in [4.69, 9.17) is 0 Å². The van der Waals surface area contributed by atoms with Gasteiger partial charge in [0.25, 0.3) is 0 Å². The van der Waals surface area contributed by atoms with Crippen LogP contribution in [0.4, 0.5) is 5.82 Å². The van der Waals surface area contributed by atoms with Crippen LogP contribution in [0.2, 0.25) is 0 Å². The van der Waals surface area contributed by atoms with Crippen LogP contribution in [-0.2, 0) is 9.84 Å². The molecule has 118 valence electrons. The smallest absolute Gasteiger partial charge is 0.188 e. The average molecular weight is 338 g/mol. The third-order valence-corrected chi connectivity index (χ3v) is 7.10. The molecular weight excluding hydrogens is 320 g/mol. The molecule has 0 unspecified atom stereocenters. The Hall–Kier alpha value is -1.67. The number of hydrogen-bond acceptors (Lipinski definition) is 6. The van der Waals surface area contributed by atoms with E-state index in [1.165, 1.54) is 11.3 Å². The predicted octanol–water partition coefficient (Wildman–Crippen LogP) is 2.72. The van der Waals surface area contributed by atoms with E-state index in [1.807, 2.05) is 25.2 Å². The topological polar surface area (TPSA) is 76.4 Å². The minimum Gasteiger partial charge on any atom is -0.370 e. The lowest BCUT2D eigenvalue weighted by Crippen LogP contribution is -2.10. The van der Waals surface area contributed by atoms with Crippen molar-refractivity contribution in [1.82, 2.24) is 14.4 Å². The van der Waals surface area contributed by atoms with Gasteiger partial charge >= 0.3 is 0 Å². The lowest BCUT2D eigenvalue weighted by Gasteiger charge is -2.04. The van der Waals surface area contributed by atoms with Crippen molar-refractivity contribution in [3.8, 4) is 0 Å². The first-order valence-electron chi connectivity index (χ1n) is 7.01. The summed E-state index contributed by atoms with van der Waals surface area (Å²) >= 11 is 1.26. The van der Waals surface area contributed by atoms with Crippen molar-refractivity contribution >= 4 is 43.0 Å². The van der Waals surface area contributed by atoms with Gasteiger partial charge in [0.05, 0.1) is 5.75 Å². The number of imidazole rings is 1. The summed E-state index contributed by atoms with van der Waals surface area (Å²) in [6.45, 7) is 5.75. The third kappa shape index (κ3) is 2.36. The molecule has 3 rings (SSSR count). The Morgan fingerprint density at radius 3 is 2.77 bits per heavy atom. The molecule has 0 aliphatic carbocycles. The first kappa shape index (κ1) is 15.2. The number of thiophene rings is 1. The highest BCUT2D eigenvalue weighted by atomic mass is 32.2. The fourth-order valence-electron chi connectivity index (χ4n) is 2.46. The molecule has 6 nitrogen and oxygen atoms in total. The highest BCUT2D eigenvalue weighted by molar-refractivity contribution is 7.93. The first-order chi connectivity index (χ1) is 10.3. The van der Waals surface area contributed by atoms with Crippen LogP contribution < -0.4 is 5.32 Å². The maximum Gasteiger partial charge on any atom is 0.188 e. The summed E-state index contributed by atoms with van der Waals surface area (Å²) < 4.78 is 27.3. The second kappa shape index (κ2) is 5.20. The van der Waals surface area contributed by atoms with Crippen LogP contribution in [0.3, 0.4) is 0 Å². The van der Waals surface area contributed by atoms with Crippen molar-refractivity contribution in [1.29, 1.82) is 0 Å². The average Bonchev–Trinajstić information content (AvgIpc) is 3.00. The molecule has 0 aliphatic rings. The molecule has 0 saturated carbocycles. The second-order valence-electron chi connectivity index (χ2n) is 5.70. The largest absolute Gasteiger partial charge is 0.370 e. The standard InChI is InChI=1S/C14H18N4O2S2/c1-8(2)7-22(19,20)11-5-10-14(21-11)18-9(3)6-16-13(18)12(15-4)17-10/h5-6,8H,7H2,1-4H3,(H,15,17). The molecule has 22 heavy (non-hydrogen) atoms. The predicted molar refractivity (Wildman–Crippen MR) is 89.5 cm³/mol. The highest BCUT2D eigenvalue weighted by Crippen LogP contribution is 2.32. The summed E-state index contributed by atoms with van der Waals surface area (Å²) in [5.74, 6) is 0.877. The molecule has 0 aromatic carbocycles. The van der Waals surface area contributed by atoms with Gasteiger partial charge in [-0.3, -0.25) is 4.40 Å². The fourth-order valence-corrected chi connectivity index (χ4v) is 5.64. The number of hydrogen-bond donors (Lipinski definition) is 1. The molecule has 3 heterocycles. The van der Waals surface area contributed by atoms with E-state index >= 15 is 0 Å². The number of nitrogens with one attached hydrogen (secondary N) is 1. The second-order valence-corrected chi connectivity index (χ2v) is 8.99. The normalized spacial score (nSPS) is 12.6. The van der Waals surface area contributed by atoms with Crippen LogP contribution >= 0.6 is 11.3 Å². The summed E-state index contributed by atoms with van der Waals surface area (Å²) in [4.78, 5) is 9.67. The number of rotatable bonds is 4. The van der Waals surface area contributed by atoms with E-state index in [0.717, 1.165) is 10.5 Å². The van der Waals surface area contributed by atoms with Crippen LogP contribution in [0, 0.1) is 12.8 Å². The molecule has 0 saturated heterocycles. The van der Waals surface area contributed by atoms with Gasteiger partial charge in [0.2, 0.25) is 0 Å². The SMILES string of the molecule is CNc1nc2cc(S(=O)(=O)CC(C)C)sc2n2c(C)cnc12. The van der Waals surface area contributed by atoms with Gasteiger partial charge in [-0.2, -0.15) is 0 Å². The van der Waals surface area contributed by atoms with Crippen molar-refractivity contribution in [2.24, 2.45) is 5.92 Å². The molecule has 0 atom stereocenters. The number of nitrogens with zero attached hydrogens (tertiary/aromatic N) is 3. The Labute approximate surface area is 133 Å². The zero-order chi connectivity index (χ0) is 16.1. The zero-order valence-electron chi connectivity index (χ0n) is 12.9. The summed E-state index contributed by atoms with van der Waals surface area (Å²) in [5.41, 5.74) is 2.33. The van der Waals surface area contributed by atoms with Crippen LogP contribution in [0.15, 0.2) is 16.5 Å². The van der Waals surface area contributed by atoms with Crippen molar-refractivity contribution in [3.63, 3.8) is 0 Å². The molecule has 8 heteroatoms. The maximum atomic E-state index is 12.5. The zero-order valence-corrected chi connectivity index (χ0v) is 14.5. The van der Waals surface area contributed by atoms with Crippen molar-refractivity contribution in [2.45, 2.75) is 25.0 Å². The van der Waals surface area contributed by atoms with Crippen LogP contribution in [0.1, 0.15) is 19.5 Å². The summed E-state index contributed by atoms with van der Waals surface area (Å²) in [6.07, 6.45) is 1.76. The molecular formula is C14H18N4O2S2. The van der Waals surface area contributed by atoms with Gasteiger partial charge in [-0.1, -0.05) is 13.8 Å². The van der Waals surface area contributed by atoms with E-state index in [2.05, 4.69) is 15.3 Å². The summed E-state index contributed by atoms with van der Waals surface area (Å²) in [6, 6.07) is 1.66. The minimum absolute atomic E-state index is 0.0889. The van der Waals surface area contributed by atoms with Crippen molar-refractivity contribution in [3.05, 3.63) is 18.0 Å². The van der Waals surface area contributed by atoms with Gasteiger partial charge in [-0.05, 0) is 18.9 Å². The van der Waals surface area contributed by atoms with Crippen LogP contribution in [0.25, 0.3) is 16.0 Å². The molecule has 0 amide bonds. The van der Waals surface area contributed by atoms with E-state index < -0.39 is 9.84 Å². The van der Waals surface area contributed by atoms with Gasteiger partial charge in [0.15, 0.2) is 21.3 Å². The number of anilines is 1. The lowest BCUT2D eigenvalue weighted by molar-refractivity contribution is 0.584. The molecule has 0 aliphatic heterocycles. The van der Waals surface area contributed by atoms with Crippen LogP contribution in [0.5, 0.6) is 0 Å². The van der Waals surface area contributed by atoms with Gasteiger partial charge < -0.3 is 5.32 Å². The van der Waals surface area contributed by atoms with E-state index in [9.17, 15) is 8.42 Å². The molecule has 0 spiro atoms. The van der Waals surface area contributed by atoms with Crippen molar-refractivity contribution in [2.75, 3.05) is 18.1 Å². The molecule has 0 bridgehead atoms. The third-order valence-electron chi connectivity index (χ3n) is 3.35. The Morgan fingerprint density at radius 1 is 1.41 bits per heavy atom. The van der Waals surface area contributed by atoms with Gasteiger partial charge in [-0.25, -0.2) is 18.4 Å². The summed E-state index contributed by atoms with van der Waals surface area (Å²) in [5, 5.41) is 3.02. The Kier molecular flexibility index (Phi) is 3.60. The molecule has 3 aromatic rings. The molecule has 1 N–H and O–H groups in total. The Morgan fingerprint density at radius 2 is 2.14 bits per heavy atom. The van der Waals surface area contributed by atoms with Crippen LogP contribution in [-0.4, -0.2) is 35.6 Å². The number of aryl methyl sites for hydroxylation is 1. The quantitative estimate of drug-likeness (QED) is 0.791. The monoisotopic (exact) mass is 338 g/mol. The fraction of sp³-hybridized carbons (Fsp3) is 0.429. The Bertz CT molecular complexity index is 954. The summed E-state index contributed by atoms with van der Waals surface area (Å²) in [7, 11) is -1.50. The van der Waals surface area contributed by atoms with Gasteiger partial charge in [0.1, 0.15) is 14.6 Å². The van der Waals surface area contributed by atoms with Gasteiger partial charge in [-0.15, -0.1) is 11.3 Å². The number of sulfone groups is 1. The lowest BCUT2D eigenvalue weighted by atomic mass is 10.3.